The normalized spacial score (nSPS) is 12.7. The van der Waals surface area contributed by atoms with Crippen LogP contribution in [0.15, 0.2) is 4.99 Å². The highest BCUT2D eigenvalue weighted by Gasteiger charge is 2.04. The van der Waals surface area contributed by atoms with E-state index in [1.165, 1.54) is 25.7 Å². The van der Waals surface area contributed by atoms with Crippen molar-refractivity contribution in [3.05, 3.63) is 0 Å². The molecular formula is C16H36N4O2S. The molecule has 23 heavy (non-hydrogen) atoms. The lowest BCUT2D eigenvalue weighted by molar-refractivity contribution is 0.518. The average molecular weight is 349 g/mol. The second-order valence-electron chi connectivity index (χ2n) is 6.17. The summed E-state index contributed by atoms with van der Waals surface area (Å²) in [5, 5.41) is 6.48. The second kappa shape index (κ2) is 13.6. The molecule has 0 aliphatic heterocycles. The summed E-state index contributed by atoms with van der Waals surface area (Å²) in [5.41, 5.74) is 0. The van der Waals surface area contributed by atoms with Crippen LogP contribution in [0.25, 0.3) is 0 Å². The minimum absolute atomic E-state index is 0.126. The molecule has 0 unspecified atom stereocenters. The zero-order chi connectivity index (χ0) is 17.6. The van der Waals surface area contributed by atoms with Crippen LogP contribution < -0.4 is 15.4 Å². The van der Waals surface area contributed by atoms with Gasteiger partial charge < -0.3 is 10.6 Å². The van der Waals surface area contributed by atoms with Crippen LogP contribution in [0, 0.1) is 5.92 Å². The van der Waals surface area contributed by atoms with E-state index in [-0.39, 0.29) is 5.75 Å². The van der Waals surface area contributed by atoms with Crippen molar-refractivity contribution in [2.45, 2.75) is 59.3 Å². The Hall–Kier alpha value is -0.820. The second-order valence-corrected chi connectivity index (χ2v) is 8.27. The molecule has 0 saturated heterocycles. The maximum absolute atomic E-state index is 11.3. The number of aliphatic imine (C=N–C) groups is 1. The molecule has 0 aromatic carbocycles. The van der Waals surface area contributed by atoms with Gasteiger partial charge in [0.25, 0.3) is 0 Å². The first-order chi connectivity index (χ1) is 10.9. The van der Waals surface area contributed by atoms with Gasteiger partial charge in [-0.25, -0.2) is 13.1 Å². The van der Waals surface area contributed by atoms with Crippen molar-refractivity contribution in [3.8, 4) is 0 Å². The molecule has 0 fully saturated rings. The molecule has 0 radical (unpaired) electrons. The molecular weight excluding hydrogens is 312 g/mol. The Morgan fingerprint density at radius 2 is 1.57 bits per heavy atom. The molecule has 0 bridgehead atoms. The zero-order valence-corrected chi connectivity index (χ0v) is 16.1. The van der Waals surface area contributed by atoms with E-state index in [0.717, 1.165) is 31.3 Å². The van der Waals surface area contributed by atoms with Gasteiger partial charge in [-0.2, -0.15) is 0 Å². The Labute approximate surface area is 143 Å². The number of nitrogens with zero attached hydrogens (tertiary/aromatic N) is 1. The molecule has 7 heteroatoms. The SMILES string of the molecule is CCS(=O)(=O)NCCCNC(=NC)NCCCCCCC(C)C. The number of guanidine groups is 1. The zero-order valence-electron chi connectivity index (χ0n) is 15.3. The molecule has 0 aromatic heterocycles. The van der Waals surface area contributed by atoms with Gasteiger partial charge in [-0.1, -0.05) is 39.5 Å². The molecule has 3 N–H and O–H groups in total. The summed E-state index contributed by atoms with van der Waals surface area (Å²) in [7, 11) is -1.33. The van der Waals surface area contributed by atoms with Gasteiger partial charge in [0.05, 0.1) is 5.75 Å². The summed E-state index contributed by atoms with van der Waals surface area (Å²) in [6.07, 6.45) is 7.06. The van der Waals surface area contributed by atoms with E-state index in [1.54, 1.807) is 14.0 Å². The first-order valence-electron chi connectivity index (χ1n) is 8.83. The lowest BCUT2D eigenvalue weighted by atomic mass is 10.0. The Morgan fingerprint density at radius 1 is 0.957 bits per heavy atom. The third-order valence-electron chi connectivity index (χ3n) is 3.57. The fourth-order valence-corrected chi connectivity index (χ4v) is 2.74. The highest BCUT2D eigenvalue weighted by Crippen LogP contribution is 2.08. The van der Waals surface area contributed by atoms with Crippen molar-refractivity contribution in [1.82, 2.24) is 15.4 Å². The summed E-state index contributed by atoms with van der Waals surface area (Å²) < 4.78 is 25.1. The molecule has 0 amide bonds. The van der Waals surface area contributed by atoms with Crippen molar-refractivity contribution >= 4 is 16.0 Å². The van der Waals surface area contributed by atoms with Crippen molar-refractivity contribution < 1.29 is 8.42 Å². The van der Waals surface area contributed by atoms with Crippen LogP contribution in [0.2, 0.25) is 0 Å². The number of hydrogen-bond acceptors (Lipinski definition) is 3. The predicted molar refractivity (Wildman–Crippen MR) is 99.4 cm³/mol. The molecule has 0 spiro atoms. The number of sulfonamides is 1. The van der Waals surface area contributed by atoms with Gasteiger partial charge in [-0.15, -0.1) is 0 Å². The highest BCUT2D eigenvalue weighted by atomic mass is 32.2. The summed E-state index contributed by atoms with van der Waals surface area (Å²) in [4.78, 5) is 4.16. The average Bonchev–Trinajstić information content (AvgIpc) is 2.51. The number of rotatable bonds is 13. The van der Waals surface area contributed by atoms with Crippen molar-refractivity contribution in [1.29, 1.82) is 0 Å². The van der Waals surface area contributed by atoms with Crippen molar-refractivity contribution in [2.75, 3.05) is 32.4 Å². The van der Waals surface area contributed by atoms with Crippen LogP contribution in [-0.4, -0.2) is 46.8 Å². The van der Waals surface area contributed by atoms with E-state index in [2.05, 4.69) is 34.2 Å². The van der Waals surface area contributed by atoms with Gasteiger partial charge in [0.15, 0.2) is 5.96 Å². The number of nitrogens with one attached hydrogen (secondary N) is 3. The highest BCUT2D eigenvalue weighted by molar-refractivity contribution is 7.89. The first-order valence-corrected chi connectivity index (χ1v) is 10.5. The van der Waals surface area contributed by atoms with Gasteiger partial charge in [0.1, 0.15) is 0 Å². The molecule has 6 nitrogen and oxygen atoms in total. The first kappa shape index (κ1) is 22.2. The van der Waals surface area contributed by atoms with Crippen LogP contribution in [0.3, 0.4) is 0 Å². The van der Waals surface area contributed by atoms with Gasteiger partial charge in [-0.05, 0) is 25.7 Å². The Balaban J connectivity index is 3.57. The van der Waals surface area contributed by atoms with E-state index in [9.17, 15) is 8.42 Å². The number of unbranched alkanes of at least 4 members (excludes halogenated alkanes) is 3. The maximum atomic E-state index is 11.3. The lowest BCUT2D eigenvalue weighted by Crippen LogP contribution is -2.39. The smallest absolute Gasteiger partial charge is 0.211 e. The summed E-state index contributed by atoms with van der Waals surface area (Å²) >= 11 is 0. The minimum Gasteiger partial charge on any atom is -0.356 e. The maximum Gasteiger partial charge on any atom is 0.211 e. The number of hydrogen-bond donors (Lipinski definition) is 3. The lowest BCUT2D eigenvalue weighted by Gasteiger charge is -2.12. The van der Waals surface area contributed by atoms with E-state index < -0.39 is 10.0 Å². The molecule has 0 saturated carbocycles. The van der Waals surface area contributed by atoms with Crippen molar-refractivity contribution in [3.63, 3.8) is 0 Å². The summed E-state index contributed by atoms with van der Waals surface area (Å²) in [6.45, 7) is 8.24. The molecule has 0 heterocycles. The van der Waals surface area contributed by atoms with Crippen LogP contribution in [0.5, 0.6) is 0 Å². The van der Waals surface area contributed by atoms with E-state index in [0.29, 0.717) is 13.1 Å². The van der Waals surface area contributed by atoms with Crippen LogP contribution in [0.4, 0.5) is 0 Å². The van der Waals surface area contributed by atoms with Crippen LogP contribution in [-0.2, 0) is 10.0 Å². The van der Waals surface area contributed by atoms with Gasteiger partial charge in [0, 0.05) is 26.7 Å². The van der Waals surface area contributed by atoms with Gasteiger partial charge >= 0.3 is 0 Å². The Bertz CT molecular complexity index is 408. The molecule has 138 valence electrons. The largest absolute Gasteiger partial charge is 0.356 e. The summed E-state index contributed by atoms with van der Waals surface area (Å²) in [6, 6.07) is 0. The standard InChI is InChI=1S/C16H36N4O2S/c1-5-23(21,22)20-14-10-13-19-16(17-4)18-12-9-7-6-8-11-15(2)3/h15,20H,5-14H2,1-4H3,(H2,17,18,19). The topological polar surface area (TPSA) is 82.6 Å². The molecule has 0 atom stereocenters. The molecule has 0 rings (SSSR count). The van der Waals surface area contributed by atoms with Gasteiger partial charge in [-0.3, -0.25) is 4.99 Å². The monoisotopic (exact) mass is 348 g/mol. The third kappa shape index (κ3) is 14.5. The minimum atomic E-state index is -3.08. The third-order valence-corrected chi connectivity index (χ3v) is 4.98. The fraction of sp³-hybridized carbons (Fsp3) is 0.938. The fourth-order valence-electron chi connectivity index (χ4n) is 2.08. The van der Waals surface area contributed by atoms with E-state index in [1.807, 2.05) is 0 Å². The molecule has 0 aliphatic rings. The Kier molecular flexibility index (Phi) is 13.1. The van der Waals surface area contributed by atoms with Crippen LogP contribution in [0.1, 0.15) is 59.3 Å². The van der Waals surface area contributed by atoms with E-state index >= 15 is 0 Å². The van der Waals surface area contributed by atoms with Crippen LogP contribution >= 0.6 is 0 Å². The molecule has 0 aliphatic carbocycles. The van der Waals surface area contributed by atoms with E-state index in [4.69, 9.17) is 0 Å². The quantitative estimate of drug-likeness (QED) is 0.270. The Morgan fingerprint density at radius 3 is 2.13 bits per heavy atom. The van der Waals surface area contributed by atoms with Crippen molar-refractivity contribution in [2.24, 2.45) is 10.9 Å². The molecule has 0 aromatic rings. The van der Waals surface area contributed by atoms with Gasteiger partial charge in [0.2, 0.25) is 10.0 Å². The predicted octanol–water partition coefficient (Wildman–Crippen LogP) is 2.09. The summed E-state index contributed by atoms with van der Waals surface area (Å²) in [5.74, 6) is 1.71.